The van der Waals surface area contributed by atoms with Crippen LogP contribution >= 0.6 is 11.3 Å². The molecule has 2 heterocycles. The molecule has 1 aromatic carbocycles. The van der Waals surface area contributed by atoms with Crippen LogP contribution in [0.2, 0.25) is 0 Å². The van der Waals surface area contributed by atoms with Crippen molar-refractivity contribution in [1.29, 1.82) is 0 Å². The summed E-state index contributed by atoms with van der Waals surface area (Å²) in [6, 6.07) is 6.37. The lowest BCUT2D eigenvalue weighted by Crippen LogP contribution is -1.88. The molecule has 3 aromatic rings. The third-order valence-corrected chi connectivity index (χ3v) is 3.56. The van der Waals surface area contributed by atoms with E-state index in [1.54, 1.807) is 11.3 Å². The van der Waals surface area contributed by atoms with E-state index in [9.17, 15) is 0 Å². The van der Waals surface area contributed by atoms with Crippen LogP contribution in [0.5, 0.6) is 0 Å². The zero-order chi connectivity index (χ0) is 11.1. The molecule has 0 aliphatic carbocycles. The highest BCUT2D eigenvalue weighted by Gasteiger charge is 2.05. The molecule has 3 rings (SSSR count). The van der Waals surface area contributed by atoms with E-state index in [-0.39, 0.29) is 0 Å². The zero-order valence-corrected chi connectivity index (χ0v) is 9.95. The smallest absolute Gasteiger partial charge is 0.0948 e. The molecule has 80 valence electrons. The molecule has 0 aliphatic rings. The lowest BCUT2D eigenvalue weighted by atomic mass is 10.1. The fraction of sp³-hybridized carbons (Fsp3) is 0.167. The minimum absolute atomic E-state index is 1.07. The van der Waals surface area contributed by atoms with Crippen molar-refractivity contribution in [3.8, 4) is 11.3 Å². The number of hydrogen-bond donors (Lipinski definition) is 0. The second kappa shape index (κ2) is 3.42. The van der Waals surface area contributed by atoms with Crippen molar-refractivity contribution in [2.45, 2.75) is 6.92 Å². The minimum Gasteiger partial charge on any atom is -0.334 e. The third-order valence-electron chi connectivity index (χ3n) is 2.61. The highest BCUT2D eigenvalue weighted by molar-refractivity contribution is 7.18. The van der Waals surface area contributed by atoms with E-state index in [4.69, 9.17) is 0 Å². The van der Waals surface area contributed by atoms with Crippen LogP contribution in [0.4, 0.5) is 0 Å². The molecule has 0 spiro atoms. The Morgan fingerprint density at radius 2 is 2.19 bits per heavy atom. The average molecular weight is 229 g/mol. The highest BCUT2D eigenvalue weighted by Crippen LogP contribution is 2.27. The van der Waals surface area contributed by atoms with Gasteiger partial charge in [-0.05, 0) is 19.1 Å². The molecule has 0 bridgehead atoms. The molecule has 2 aromatic heterocycles. The molecule has 0 fully saturated rings. The van der Waals surface area contributed by atoms with E-state index in [0.29, 0.717) is 0 Å². The van der Waals surface area contributed by atoms with Crippen LogP contribution in [0.25, 0.3) is 21.5 Å². The summed E-state index contributed by atoms with van der Waals surface area (Å²) in [6.07, 6.45) is 3.69. The summed E-state index contributed by atoms with van der Waals surface area (Å²) in [5, 5.41) is 1.11. The summed E-state index contributed by atoms with van der Waals surface area (Å²) in [5.41, 5.74) is 3.35. The number of imidazole rings is 1. The maximum Gasteiger partial charge on any atom is 0.0948 e. The van der Waals surface area contributed by atoms with Crippen molar-refractivity contribution >= 4 is 21.6 Å². The topological polar surface area (TPSA) is 30.7 Å². The molecule has 0 radical (unpaired) electrons. The Balaban J connectivity index is 2.22. The number of nitrogens with zero attached hydrogens (tertiary/aromatic N) is 3. The monoisotopic (exact) mass is 229 g/mol. The van der Waals surface area contributed by atoms with Crippen molar-refractivity contribution in [3.63, 3.8) is 0 Å². The van der Waals surface area contributed by atoms with Gasteiger partial charge in [-0.2, -0.15) is 0 Å². The van der Waals surface area contributed by atoms with E-state index in [2.05, 4.69) is 28.2 Å². The molecular weight excluding hydrogens is 218 g/mol. The van der Waals surface area contributed by atoms with Crippen LogP contribution in [0.3, 0.4) is 0 Å². The number of rotatable bonds is 1. The van der Waals surface area contributed by atoms with Crippen LogP contribution in [0.15, 0.2) is 30.7 Å². The van der Waals surface area contributed by atoms with Crippen molar-refractivity contribution in [1.82, 2.24) is 14.5 Å². The molecule has 0 unspecified atom stereocenters. The maximum atomic E-state index is 4.50. The SMILES string of the molecule is Cc1nc2cc(-c3cncn3C)ccc2s1. The van der Waals surface area contributed by atoms with E-state index < -0.39 is 0 Å². The standard InChI is InChI=1S/C12H11N3S/c1-8-14-10-5-9(3-4-12(10)16-8)11-6-13-7-15(11)2/h3-7H,1-2H3. The van der Waals surface area contributed by atoms with Gasteiger partial charge in [-0.15, -0.1) is 11.3 Å². The van der Waals surface area contributed by atoms with Crippen LogP contribution < -0.4 is 0 Å². The number of aryl methyl sites for hydroxylation is 2. The van der Waals surface area contributed by atoms with Gasteiger partial charge >= 0.3 is 0 Å². The van der Waals surface area contributed by atoms with Gasteiger partial charge in [0.1, 0.15) is 0 Å². The van der Waals surface area contributed by atoms with Crippen molar-refractivity contribution in [3.05, 3.63) is 35.7 Å². The summed E-state index contributed by atoms with van der Waals surface area (Å²) >= 11 is 1.73. The number of hydrogen-bond acceptors (Lipinski definition) is 3. The summed E-state index contributed by atoms with van der Waals surface area (Å²) in [6.45, 7) is 2.04. The summed E-state index contributed by atoms with van der Waals surface area (Å²) < 4.78 is 3.25. The third kappa shape index (κ3) is 1.42. The number of thiazole rings is 1. The highest BCUT2D eigenvalue weighted by atomic mass is 32.1. The first-order valence-corrected chi connectivity index (χ1v) is 5.89. The molecule has 0 saturated carbocycles. The molecule has 0 aliphatic heterocycles. The largest absolute Gasteiger partial charge is 0.334 e. The first kappa shape index (κ1) is 9.54. The van der Waals surface area contributed by atoms with Crippen LogP contribution in [0.1, 0.15) is 5.01 Å². The van der Waals surface area contributed by atoms with Gasteiger partial charge in [-0.25, -0.2) is 9.97 Å². The zero-order valence-electron chi connectivity index (χ0n) is 9.14. The summed E-state index contributed by atoms with van der Waals surface area (Å²) in [4.78, 5) is 8.63. The van der Waals surface area contributed by atoms with Crippen LogP contribution in [-0.4, -0.2) is 14.5 Å². The average Bonchev–Trinajstić information content (AvgIpc) is 2.81. The van der Waals surface area contributed by atoms with E-state index >= 15 is 0 Å². The van der Waals surface area contributed by atoms with Crippen molar-refractivity contribution < 1.29 is 0 Å². The fourth-order valence-electron chi connectivity index (χ4n) is 1.84. The first-order valence-electron chi connectivity index (χ1n) is 5.08. The minimum atomic E-state index is 1.07. The van der Waals surface area contributed by atoms with Crippen molar-refractivity contribution in [2.24, 2.45) is 7.05 Å². The molecule has 3 nitrogen and oxygen atoms in total. The molecule has 4 heteroatoms. The van der Waals surface area contributed by atoms with Gasteiger partial charge in [0.2, 0.25) is 0 Å². The Morgan fingerprint density at radius 3 is 2.94 bits per heavy atom. The van der Waals surface area contributed by atoms with Crippen molar-refractivity contribution in [2.75, 3.05) is 0 Å². The van der Waals surface area contributed by atoms with Crippen LogP contribution in [0, 0.1) is 6.92 Å². The van der Waals surface area contributed by atoms with E-state index in [1.165, 1.54) is 4.70 Å². The van der Waals surface area contributed by atoms with Gasteiger partial charge in [-0.1, -0.05) is 6.07 Å². The van der Waals surface area contributed by atoms with Gasteiger partial charge in [0, 0.05) is 12.6 Å². The quantitative estimate of drug-likeness (QED) is 0.642. The predicted molar refractivity (Wildman–Crippen MR) is 66.6 cm³/mol. The Kier molecular flexibility index (Phi) is 2.04. The molecule has 16 heavy (non-hydrogen) atoms. The van der Waals surface area contributed by atoms with E-state index in [0.717, 1.165) is 21.8 Å². The number of aromatic nitrogens is 3. The Hall–Kier alpha value is -1.68. The normalized spacial score (nSPS) is 11.1. The lowest BCUT2D eigenvalue weighted by molar-refractivity contribution is 0.921. The Morgan fingerprint density at radius 1 is 1.31 bits per heavy atom. The molecule has 0 atom stereocenters. The molecule has 0 N–H and O–H groups in total. The molecule has 0 saturated heterocycles. The van der Waals surface area contributed by atoms with Gasteiger partial charge in [0.05, 0.1) is 33.4 Å². The van der Waals surface area contributed by atoms with Crippen LogP contribution in [-0.2, 0) is 7.05 Å². The van der Waals surface area contributed by atoms with Gasteiger partial charge in [0.25, 0.3) is 0 Å². The van der Waals surface area contributed by atoms with Gasteiger partial charge < -0.3 is 4.57 Å². The second-order valence-electron chi connectivity index (χ2n) is 3.81. The number of benzene rings is 1. The summed E-state index contributed by atoms with van der Waals surface area (Å²) in [7, 11) is 2.00. The van der Waals surface area contributed by atoms with Gasteiger partial charge in [0.15, 0.2) is 0 Å². The van der Waals surface area contributed by atoms with E-state index in [1.807, 2.05) is 31.1 Å². The maximum absolute atomic E-state index is 4.50. The predicted octanol–water partition coefficient (Wildman–Crippen LogP) is 3.01. The fourth-order valence-corrected chi connectivity index (χ4v) is 2.64. The molecule has 0 amide bonds. The molecular formula is C12H11N3S. The van der Waals surface area contributed by atoms with Gasteiger partial charge in [-0.3, -0.25) is 0 Å². The first-order chi connectivity index (χ1) is 7.74. The number of fused-ring (bicyclic) bond motifs is 1. The Labute approximate surface area is 97.4 Å². The Bertz CT molecular complexity index is 651. The summed E-state index contributed by atoms with van der Waals surface area (Å²) in [5.74, 6) is 0. The second-order valence-corrected chi connectivity index (χ2v) is 5.04. The lowest BCUT2D eigenvalue weighted by Gasteiger charge is -2.01.